The second-order valence-electron chi connectivity index (χ2n) is 4.86. The Morgan fingerprint density at radius 1 is 1.29 bits per heavy atom. The van der Waals surface area contributed by atoms with Gasteiger partial charge in [0.25, 0.3) is 5.91 Å². The number of aryl methyl sites for hydroxylation is 1. The predicted octanol–water partition coefficient (Wildman–Crippen LogP) is 1.11. The van der Waals surface area contributed by atoms with Crippen molar-refractivity contribution in [2.24, 2.45) is 0 Å². The molecule has 1 heterocycles. The van der Waals surface area contributed by atoms with Crippen LogP contribution in [0.5, 0.6) is 0 Å². The number of amides is 1. The van der Waals surface area contributed by atoms with Crippen LogP contribution in [0.15, 0.2) is 30.3 Å². The molecule has 110 valence electrons. The number of aliphatic hydroxyl groups is 1. The normalized spacial score (nSPS) is 13.7. The van der Waals surface area contributed by atoms with E-state index in [1.54, 1.807) is 31.2 Å². The van der Waals surface area contributed by atoms with Gasteiger partial charge in [0.2, 0.25) is 0 Å². The molecule has 0 aliphatic heterocycles. The number of pyridine rings is 1. The van der Waals surface area contributed by atoms with Crippen molar-refractivity contribution in [2.75, 3.05) is 0 Å². The molecule has 0 fully saturated rings. The summed E-state index contributed by atoms with van der Waals surface area (Å²) in [6, 6.07) is 7.35. The lowest BCUT2D eigenvalue weighted by Gasteiger charge is -2.17. The van der Waals surface area contributed by atoms with Gasteiger partial charge in [-0.05, 0) is 26.0 Å². The number of carbonyl (C=O) groups excluding carboxylic acids is 1. The molecule has 0 saturated carbocycles. The van der Waals surface area contributed by atoms with Crippen LogP contribution in [-0.2, 0) is 4.79 Å². The largest absolute Gasteiger partial charge is 0.480 e. The Labute approximate surface area is 121 Å². The van der Waals surface area contributed by atoms with E-state index in [1.807, 2.05) is 6.07 Å². The zero-order chi connectivity index (χ0) is 15.6. The summed E-state index contributed by atoms with van der Waals surface area (Å²) in [4.78, 5) is 27.7. The van der Waals surface area contributed by atoms with E-state index in [4.69, 9.17) is 5.11 Å². The molecular weight excluding hydrogens is 272 g/mol. The van der Waals surface area contributed by atoms with Crippen LogP contribution in [0, 0.1) is 6.92 Å². The molecule has 1 amide bonds. The lowest BCUT2D eigenvalue weighted by molar-refractivity contribution is -0.141. The fourth-order valence-corrected chi connectivity index (χ4v) is 2.10. The maximum atomic E-state index is 12.3. The number of fused-ring (bicyclic) bond motifs is 1. The number of para-hydroxylation sites is 1. The zero-order valence-electron chi connectivity index (χ0n) is 11.7. The Hall–Kier alpha value is -2.47. The second-order valence-corrected chi connectivity index (χ2v) is 4.86. The van der Waals surface area contributed by atoms with Crippen LogP contribution < -0.4 is 5.32 Å². The van der Waals surface area contributed by atoms with Crippen LogP contribution in [0.2, 0.25) is 0 Å². The summed E-state index contributed by atoms with van der Waals surface area (Å²) in [7, 11) is 0. The Morgan fingerprint density at radius 2 is 1.95 bits per heavy atom. The third kappa shape index (κ3) is 3.17. The van der Waals surface area contributed by atoms with Gasteiger partial charge in [0, 0.05) is 11.1 Å². The molecule has 0 saturated heterocycles. The number of nitrogens with zero attached hydrogens (tertiary/aromatic N) is 1. The van der Waals surface area contributed by atoms with Gasteiger partial charge in [0.1, 0.15) is 0 Å². The highest BCUT2D eigenvalue weighted by Gasteiger charge is 2.26. The number of benzene rings is 1. The quantitative estimate of drug-likeness (QED) is 0.782. The van der Waals surface area contributed by atoms with E-state index >= 15 is 0 Å². The summed E-state index contributed by atoms with van der Waals surface area (Å²) < 4.78 is 0. The lowest BCUT2D eigenvalue weighted by atomic mass is 10.1. The Morgan fingerprint density at radius 3 is 2.57 bits per heavy atom. The van der Waals surface area contributed by atoms with E-state index in [2.05, 4.69) is 10.3 Å². The highest BCUT2D eigenvalue weighted by Crippen LogP contribution is 2.18. The minimum absolute atomic E-state index is 0.338. The van der Waals surface area contributed by atoms with Gasteiger partial charge in [0.05, 0.1) is 17.2 Å². The van der Waals surface area contributed by atoms with Crippen molar-refractivity contribution in [3.05, 3.63) is 41.6 Å². The van der Waals surface area contributed by atoms with Crippen LogP contribution in [-0.4, -0.2) is 39.2 Å². The SMILES string of the molecule is Cc1cc(C(=O)NC(C(=O)O)C(C)O)c2ccccc2n1. The van der Waals surface area contributed by atoms with E-state index in [0.717, 1.165) is 0 Å². The highest BCUT2D eigenvalue weighted by atomic mass is 16.4. The van der Waals surface area contributed by atoms with E-state index < -0.39 is 24.0 Å². The smallest absolute Gasteiger partial charge is 0.328 e. The van der Waals surface area contributed by atoms with Gasteiger partial charge in [-0.2, -0.15) is 0 Å². The minimum Gasteiger partial charge on any atom is -0.480 e. The number of rotatable bonds is 4. The molecule has 2 aromatic rings. The molecule has 0 bridgehead atoms. The van der Waals surface area contributed by atoms with E-state index in [1.165, 1.54) is 6.92 Å². The first kappa shape index (κ1) is 14.9. The highest BCUT2D eigenvalue weighted by molar-refractivity contribution is 6.07. The van der Waals surface area contributed by atoms with Crippen LogP contribution in [0.1, 0.15) is 23.0 Å². The van der Waals surface area contributed by atoms with Gasteiger partial charge < -0.3 is 15.5 Å². The van der Waals surface area contributed by atoms with Gasteiger partial charge in [0.15, 0.2) is 6.04 Å². The van der Waals surface area contributed by atoms with Gasteiger partial charge in [-0.15, -0.1) is 0 Å². The fourth-order valence-electron chi connectivity index (χ4n) is 2.10. The summed E-state index contributed by atoms with van der Waals surface area (Å²) in [6.45, 7) is 3.07. The number of aliphatic hydroxyl groups excluding tert-OH is 1. The topological polar surface area (TPSA) is 99.5 Å². The third-order valence-electron chi connectivity index (χ3n) is 3.12. The summed E-state index contributed by atoms with van der Waals surface area (Å²) in [5.41, 5.74) is 1.65. The van der Waals surface area contributed by atoms with Crippen LogP contribution >= 0.6 is 0 Å². The van der Waals surface area contributed by atoms with Crippen molar-refractivity contribution in [3.8, 4) is 0 Å². The van der Waals surface area contributed by atoms with Crippen molar-refractivity contribution in [1.29, 1.82) is 0 Å². The van der Waals surface area contributed by atoms with Gasteiger partial charge in [-0.1, -0.05) is 18.2 Å². The van der Waals surface area contributed by atoms with E-state index in [9.17, 15) is 14.7 Å². The van der Waals surface area contributed by atoms with Gasteiger partial charge >= 0.3 is 5.97 Å². The number of carbonyl (C=O) groups is 2. The molecule has 0 radical (unpaired) electrons. The number of hydrogen-bond donors (Lipinski definition) is 3. The summed E-state index contributed by atoms with van der Waals surface area (Å²) >= 11 is 0. The fraction of sp³-hybridized carbons (Fsp3) is 0.267. The maximum absolute atomic E-state index is 12.3. The Kier molecular flexibility index (Phi) is 4.18. The van der Waals surface area contributed by atoms with E-state index in [0.29, 0.717) is 22.2 Å². The predicted molar refractivity (Wildman–Crippen MR) is 77.1 cm³/mol. The first-order valence-corrected chi connectivity index (χ1v) is 6.48. The maximum Gasteiger partial charge on any atom is 0.328 e. The van der Waals surface area contributed by atoms with Gasteiger partial charge in [-0.3, -0.25) is 9.78 Å². The molecule has 0 aliphatic rings. The molecule has 1 aromatic carbocycles. The van der Waals surface area contributed by atoms with Crippen LogP contribution in [0.3, 0.4) is 0 Å². The number of hydrogen-bond acceptors (Lipinski definition) is 4. The monoisotopic (exact) mass is 288 g/mol. The number of aliphatic carboxylic acids is 1. The van der Waals surface area contributed by atoms with Crippen molar-refractivity contribution in [1.82, 2.24) is 10.3 Å². The first-order valence-electron chi connectivity index (χ1n) is 6.48. The number of aromatic nitrogens is 1. The standard InChI is InChI=1S/C15H16N2O4/c1-8-7-11(10-5-3-4-6-12(10)16-8)14(19)17-13(9(2)18)15(20)21/h3-7,9,13,18H,1-2H3,(H,17,19)(H,20,21). The van der Waals surface area contributed by atoms with Crippen molar-refractivity contribution in [3.63, 3.8) is 0 Å². The molecule has 21 heavy (non-hydrogen) atoms. The lowest BCUT2D eigenvalue weighted by Crippen LogP contribution is -2.47. The Bertz CT molecular complexity index is 697. The van der Waals surface area contributed by atoms with Crippen molar-refractivity contribution >= 4 is 22.8 Å². The molecule has 2 rings (SSSR count). The molecule has 0 aliphatic carbocycles. The van der Waals surface area contributed by atoms with Crippen molar-refractivity contribution in [2.45, 2.75) is 26.0 Å². The van der Waals surface area contributed by atoms with Crippen LogP contribution in [0.25, 0.3) is 10.9 Å². The molecule has 2 atom stereocenters. The molecule has 0 spiro atoms. The average molecular weight is 288 g/mol. The molecule has 1 aromatic heterocycles. The molecular formula is C15H16N2O4. The molecule has 6 heteroatoms. The molecule has 2 unspecified atom stereocenters. The van der Waals surface area contributed by atoms with Crippen molar-refractivity contribution < 1.29 is 19.8 Å². The number of nitrogens with one attached hydrogen (secondary N) is 1. The zero-order valence-corrected chi connectivity index (χ0v) is 11.7. The third-order valence-corrected chi connectivity index (χ3v) is 3.12. The Balaban J connectivity index is 2.42. The number of carboxylic acid groups (broad SMARTS) is 1. The summed E-state index contributed by atoms with van der Waals surface area (Å²) in [6.07, 6.45) is -1.19. The van der Waals surface area contributed by atoms with Crippen LogP contribution in [0.4, 0.5) is 0 Å². The minimum atomic E-state index is -1.36. The number of carboxylic acids is 1. The summed E-state index contributed by atoms with van der Waals surface area (Å²) in [5.74, 6) is -1.83. The molecule has 3 N–H and O–H groups in total. The van der Waals surface area contributed by atoms with E-state index in [-0.39, 0.29) is 0 Å². The average Bonchev–Trinajstić information content (AvgIpc) is 2.42. The summed E-state index contributed by atoms with van der Waals surface area (Å²) in [5, 5.41) is 21.4. The molecule has 6 nitrogen and oxygen atoms in total. The second kappa shape index (κ2) is 5.88. The van der Waals surface area contributed by atoms with Gasteiger partial charge in [-0.25, -0.2) is 4.79 Å². The first-order chi connectivity index (χ1) is 9.90.